The number of hydrogen-bond acceptors (Lipinski definition) is 6. The number of carbonyl (C=O) groups is 1. The van der Waals surface area contributed by atoms with E-state index < -0.39 is 21.6 Å². The second-order valence-electron chi connectivity index (χ2n) is 4.46. The maximum absolute atomic E-state index is 12.0. The van der Waals surface area contributed by atoms with Crippen molar-refractivity contribution < 1.29 is 13.9 Å². The fourth-order valence-corrected chi connectivity index (χ4v) is 2.14. The number of nitrogens with one attached hydrogen (secondary N) is 2. The maximum Gasteiger partial charge on any atom is 0.306 e. The summed E-state index contributed by atoms with van der Waals surface area (Å²) in [6, 6.07) is 4.27. The van der Waals surface area contributed by atoms with Crippen molar-refractivity contribution in [1.29, 1.82) is 0 Å². The van der Waals surface area contributed by atoms with Gasteiger partial charge in [0.2, 0.25) is 0 Å². The van der Waals surface area contributed by atoms with Gasteiger partial charge >= 0.3 is 5.69 Å². The molecule has 0 saturated heterocycles. The van der Waals surface area contributed by atoms with E-state index in [9.17, 15) is 19.1 Å². The van der Waals surface area contributed by atoms with Crippen LogP contribution in [0.4, 0.5) is 11.4 Å². The van der Waals surface area contributed by atoms with Crippen molar-refractivity contribution in [2.45, 2.75) is 18.6 Å². The van der Waals surface area contributed by atoms with Gasteiger partial charge in [0, 0.05) is 28.9 Å². The van der Waals surface area contributed by atoms with Crippen LogP contribution in [0.3, 0.4) is 0 Å². The lowest BCUT2D eigenvalue weighted by atomic mass is 10.1. The number of rotatable bonds is 7. The number of hydrogen-bond donors (Lipinski definition) is 3. The van der Waals surface area contributed by atoms with Crippen LogP contribution < -0.4 is 16.6 Å². The number of benzene rings is 1. The summed E-state index contributed by atoms with van der Waals surface area (Å²) in [6.07, 6.45) is 2.12. The minimum Gasteiger partial charge on any atom is -0.352 e. The third-order valence-corrected chi connectivity index (χ3v) is 4.39. The Hall–Kier alpha value is -2.00. The molecule has 0 heterocycles. The van der Waals surface area contributed by atoms with E-state index in [2.05, 4.69) is 10.7 Å². The number of nitro benzene ring substituents is 1. The molecule has 0 aromatic heterocycles. The van der Waals surface area contributed by atoms with Gasteiger partial charge in [0.15, 0.2) is 0 Å². The van der Waals surface area contributed by atoms with Crippen molar-refractivity contribution in [3.05, 3.63) is 33.9 Å². The van der Waals surface area contributed by atoms with Gasteiger partial charge in [-0.05, 0) is 18.6 Å². The Morgan fingerprint density at radius 2 is 2.19 bits per heavy atom. The maximum atomic E-state index is 12.0. The number of carbonyl (C=O) groups excluding carboxylic acids is 1. The quantitative estimate of drug-likeness (QED) is 0.387. The summed E-state index contributed by atoms with van der Waals surface area (Å²) in [5.74, 6) is 4.65. The topological polar surface area (TPSA) is 127 Å². The first-order chi connectivity index (χ1) is 9.88. The van der Waals surface area contributed by atoms with Gasteiger partial charge < -0.3 is 10.7 Å². The third kappa shape index (κ3) is 4.50. The number of nitrogens with zero attached hydrogens (tertiary/aromatic N) is 1. The van der Waals surface area contributed by atoms with E-state index in [1.54, 1.807) is 6.26 Å². The van der Waals surface area contributed by atoms with Gasteiger partial charge in [-0.25, -0.2) is 0 Å². The summed E-state index contributed by atoms with van der Waals surface area (Å²) >= 11 is 0. The molecule has 4 N–H and O–H groups in total. The minimum atomic E-state index is -0.972. The Bertz CT molecular complexity index is 564. The van der Waals surface area contributed by atoms with Gasteiger partial charge in [-0.3, -0.25) is 25.0 Å². The lowest BCUT2D eigenvalue weighted by Crippen LogP contribution is -2.28. The van der Waals surface area contributed by atoms with Crippen LogP contribution in [0, 0.1) is 10.1 Å². The first-order valence-corrected chi connectivity index (χ1v) is 7.85. The lowest BCUT2D eigenvalue weighted by Gasteiger charge is -2.10. The number of nitrogen functional groups attached to an aromatic ring is 1. The predicted molar refractivity (Wildman–Crippen MR) is 81.4 cm³/mol. The van der Waals surface area contributed by atoms with Crippen LogP contribution in [0.5, 0.6) is 0 Å². The van der Waals surface area contributed by atoms with Gasteiger partial charge in [0.05, 0.1) is 4.92 Å². The van der Waals surface area contributed by atoms with Gasteiger partial charge in [0.25, 0.3) is 5.91 Å². The number of amides is 1. The highest BCUT2D eigenvalue weighted by molar-refractivity contribution is 7.84. The van der Waals surface area contributed by atoms with Crippen LogP contribution in [-0.4, -0.2) is 33.1 Å². The Kier molecular flexibility index (Phi) is 6.25. The molecule has 0 saturated carbocycles. The van der Waals surface area contributed by atoms with Crippen molar-refractivity contribution >= 4 is 28.1 Å². The van der Waals surface area contributed by atoms with Gasteiger partial charge in [0.1, 0.15) is 11.3 Å². The number of hydrazine groups is 1. The van der Waals surface area contributed by atoms with Crippen LogP contribution in [-0.2, 0) is 10.8 Å². The molecule has 2 atom stereocenters. The van der Waals surface area contributed by atoms with Gasteiger partial charge in [-0.1, -0.05) is 13.0 Å². The molecule has 0 bridgehead atoms. The van der Waals surface area contributed by atoms with Crippen molar-refractivity contribution in [2.75, 3.05) is 18.2 Å². The fraction of sp³-hybridized carbons (Fsp3) is 0.417. The molecule has 0 aliphatic heterocycles. The Morgan fingerprint density at radius 1 is 1.52 bits per heavy atom. The zero-order chi connectivity index (χ0) is 16.0. The van der Waals surface area contributed by atoms with E-state index in [1.807, 2.05) is 6.92 Å². The SMILES string of the molecule is CC(CCNC(=O)c1cccc(NN)c1[N+](=O)[O-])S(C)=O. The zero-order valence-corrected chi connectivity index (χ0v) is 12.6. The number of para-hydroxylation sites is 1. The van der Waals surface area contributed by atoms with Crippen LogP contribution in [0.1, 0.15) is 23.7 Å². The summed E-state index contributed by atoms with van der Waals surface area (Å²) in [5, 5.41) is 13.6. The molecule has 116 valence electrons. The fourth-order valence-electron chi connectivity index (χ4n) is 1.69. The summed E-state index contributed by atoms with van der Waals surface area (Å²) < 4.78 is 11.2. The third-order valence-electron chi connectivity index (χ3n) is 3.02. The highest BCUT2D eigenvalue weighted by Crippen LogP contribution is 2.27. The molecular weight excluding hydrogens is 296 g/mol. The smallest absolute Gasteiger partial charge is 0.306 e. The van der Waals surface area contributed by atoms with Crippen molar-refractivity contribution in [2.24, 2.45) is 5.84 Å². The van der Waals surface area contributed by atoms with E-state index in [-0.39, 0.29) is 28.7 Å². The lowest BCUT2D eigenvalue weighted by molar-refractivity contribution is -0.384. The molecule has 0 aliphatic rings. The molecule has 2 unspecified atom stereocenters. The van der Waals surface area contributed by atoms with Crippen LogP contribution in [0.2, 0.25) is 0 Å². The average molecular weight is 314 g/mol. The molecule has 1 aromatic carbocycles. The van der Waals surface area contributed by atoms with Gasteiger partial charge in [-0.2, -0.15) is 0 Å². The molecule has 1 aromatic rings. The van der Waals surface area contributed by atoms with Crippen molar-refractivity contribution in [3.63, 3.8) is 0 Å². The van der Waals surface area contributed by atoms with E-state index >= 15 is 0 Å². The standard InChI is InChI=1S/C12H18N4O4S/c1-8(21(2)20)6-7-14-12(17)9-4-3-5-10(15-13)11(9)16(18)19/h3-5,8,15H,6-7,13H2,1-2H3,(H,14,17). The first kappa shape index (κ1) is 17.1. The highest BCUT2D eigenvalue weighted by atomic mass is 32.2. The predicted octanol–water partition coefficient (Wildman–Crippen LogP) is 0.767. The van der Waals surface area contributed by atoms with E-state index in [0.29, 0.717) is 6.42 Å². The molecule has 0 aliphatic carbocycles. The summed E-state index contributed by atoms with van der Waals surface area (Å²) in [5.41, 5.74) is 1.83. The first-order valence-electron chi connectivity index (χ1n) is 6.23. The van der Waals surface area contributed by atoms with E-state index in [1.165, 1.54) is 18.2 Å². The second kappa shape index (κ2) is 7.70. The van der Waals surface area contributed by atoms with E-state index in [4.69, 9.17) is 5.84 Å². The normalized spacial score (nSPS) is 13.3. The number of nitrogens with two attached hydrogens (primary N) is 1. The number of anilines is 1. The molecule has 0 radical (unpaired) electrons. The Balaban J connectivity index is 2.83. The zero-order valence-electron chi connectivity index (χ0n) is 11.8. The van der Waals surface area contributed by atoms with Gasteiger partial charge in [-0.15, -0.1) is 0 Å². The second-order valence-corrected chi connectivity index (χ2v) is 6.26. The van der Waals surface area contributed by atoms with Crippen LogP contribution in [0.15, 0.2) is 18.2 Å². The molecule has 0 fully saturated rings. The molecule has 9 heteroatoms. The summed E-state index contributed by atoms with van der Waals surface area (Å²) in [4.78, 5) is 22.4. The largest absolute Gasteiger partial charge is 0.352 e. The van der Waals surface area contributed by atoms with Crippen molar-refractivity contribution in [1.82, 2.24) is 5.32 Å². The molecule has 8 nitrogen and oxygen atoms in total. The highest BCUT2D eigenvalue weighted by Gasteiger charge is 2.24. The van der Waals surface area contributed by atoms with E-state index in [0.717, 1.165) is 0 Å². The van der Waals surface area contributed by atoms with Crippen LogP contribution in [0.25, 0.3) is 0 Å². The molecule has 1 rings (SSSR count). The Morgan fingerprint density at radius 3 is 2.71 bits per heavy atom. The monoisotopic (exact) mass is 314 g/mol. The summed E-state index contributed by atoms with van der Waals surface area (Å²) in [6.45, 7) is 2.10. The molecule has 0 spiro atoms. The Labute approximate surface area is 124 Å². The molecular formula is C12H18N4O4S. The molecule has 1 amide bonds. The van der Waals surface area contributed by atoms with Crippen LogP contribution >= 0.6 is 0 Å². The summed E-state index contributed by atoms with van der Waals surface area (Å²) in [7, 11) is -0.972. The van der Waals surface area contributed by atoms with Crippen molar-refractivity contribution in [3.8, 4) is 0 Å². The minimum absolute atomic E-state index is 0.0580. The molecule has 21 heavy (non-hydrogen) atoms. The number of nitro groups is 1. The average Bonchev–Trinajstić information content (AvgIpc) is 2.45.